The van der Waals surface area contributed by atoms with Crippen LogP contribution in [0.1, 0.15) is 74.1 Å². The average molecular weight is 288 g/mol. The lowest BCUT2D eigenvalue weighted by molar-refractivity contribution is -0.120. The fourth-order valence-corrected chi connectivity index (χ4v) is 1.26. The minimum atomic E-state index is 0.0419. The molecular weight excluding hydrogens is 252 g/mol. The van der Waals surface area contributed by atoms with E-state index in [1.807, 2.05) is 41.5 Å². The van der Waals surface area contributed by atoms with E-state index < -0.39 is 0 Å². The molecule has 0 aromatic rings. The number of hydrogen-bond donors (Lipinski definition) is 2. The Hall–Kier alpha value is -0.900. The number of Topliss-reactive ketones (excluding diaryl/α,β-unsaturated/α-hetero) is 1. The maximum absolute atomic E-state index is 11.3. The van der Waals surface area contributed by atoms with Gasteiger partial charge >= 0.3 is 0 Å². The van der Waals surface area contributed by atoms with Crippen molar-refractivity contribution in [1.29, 1.82) is 0 Å². The van der Waals surface area contributed by atoms with Crippen LogP contribution in [0, 0.1) is 0 Å². The minimum Gasteiger partial charge on any atom is -0.355 e. The molecule has 2 N–H and O–H groups in total. The first-order chi connectivity index (χ1) is 9.52. The standard InChI is InChI=1S/C12H24N2O2.2C2H6/c1-10(2)14-9-12(16)13-8-6-4-5-7-11(3)15;2*1-2/h10,14H,4-9H2,1-3H3,(H,13,16);2*1-2H3. The van der Waals surface area contributed by atoms with Crippen molar-refractivity contribution in [3.63, 3.8) is 0 Å². The van der Waals surface area contributed by atoms with Crippen LogP contribution in [-0.2, 0) is 9.59 Å². The highest BCUT2D eigenvalue weighted by atomic mass is 16.1. The molecule has 0 bridgehead atoms. The lowest BCUT2D eigenvalue weighted by Gasteiger charge is -2.08. The van der Waals surface area contributed by atoms with Crippen molar-refractivity contribution < 1.29 is 9.59 Å². The highest BCUT2D eigenvalue weighted by Gasteiger charge is 2.01. The molecule has 0 heterocycles. The second kappa shape index (κ2) is 20.4. The quantitative estimate of drug-likeness (QED) is 0.640. The van der Waals surface area contributed by atoms with Gasteiger partial charge in [0.1, 0.15) is 5.78 Å². The normalized spacial score (nSPS) is 9.00. The molecule has 0 fully saturated rings. The number of nitrogens with one attached hydrogen (secondary N) is 2. The summed E-state index contributed by atoms with van der Waals surface area (Å²) in [5.41, 5.74) is 0. The van der Waals surface area contributed by atoms with Gasteiger partial charge in [-0.25, -0.2) is 0 Å². The first-order valence-electron chi connectivity index (χ1n) is 8.02. The van der Waals surface area contributed by atoms with E-state index in [-0.39, 0.29) is 11.7 Å². The van der Waals surface area contributed by atoms with Crippen LogP contribution in [0.4, 0.5) is 0 Å². The number of ketones is 1. The molecule has 0 saturated heterocycles. The van der Waals surface area contributed by atoms with E-state index in [9.17, 15) is 9.59 Å². The Morgan fingerprint density at radius 2 is 1.50 bits per heavy atom. The first kappa shape index (κ1) is 24.1. The van der Waals surface area contributed by atoms with E-state index in [4.69, 9.17) is 0 Å². The minimum absolute atomic E-state index is 0.0419. The molecule has 0 aromatic carbocycles. The Morgan fingerprint density at radius 1 is 0.950 bits per heavy atom. The van der Waals surface area contributed by atoms with Crippen LogP contribution < -0.4 is 10.6 Å². The van der Waals surface area contributed by atoms with Crippen molar-refractivity contribution >= 4 is 11.7 Å². The topological polar surface area (TPSA) is 58.2 Å². The van der Waals surface area contributed by atoms with Gasteiger partial charge in [0.25, 0.3) is 0 Å². The van der Waals surface area contributed by atoms with Gasteiger partial charge in [-0.2, -0.15) is 0 Å². The molecule has 20 heavy (non-hydrogen) atoms. The monoisotopic (exact) mass is 288 g/mol. The van der Waals surface area contributed by atoms with Gasteiger partial charge in [0.05, 0.1) is 6.54 Å². The SMILES string of the molecule is CC.CC.CC(=O)CCCCCNC(=O)CNC(C)C. The van der Waals surface area contributed by atoms with Gasteiger partial charge in [-0.3, -0.25) is 4.79 Å². The van der Waals surface area contributed by atoms with Crippen molar-refractivity contribution in [3.8, 4) is 0 Å². The molecule has 0 atom stereocenters. The second-order valence-corrected chi connectivity index (χ2v) is 4.40. The summed E-state index contributed by atoms with van der Waals surface area (Å²) in [6, 6.07) is 0.335. The number of unbranched alkanes of at least 4 members (excludes halogenated alkanes) is 2. The molecule has 4 heteroatoms. The van der Waals surface area contributed by atoms with Gasteiger partial charge in [-0.15, -0.1) is 0 Å². The molecule has 122 valence electrons. The summed E-state index contributed by atoms with van der Waals surface area (Å²) in [6.45, 7) is 14.7. The van der Waals surface area contributed by atoms with Crippen molar-refractivity contribution in [3.05, 3.63) is 0 Å². The Kier molecular flexibility index (Phi) is 24.6. The average Bonchev–Trinajstić information content (AvgIpc) is 2.44. The van der Waals surface area contributed by atoms with E-state index in [1.165, 1.54) is 0 Å². The third kappa shape index (κ3) is 25.8. The molecule has 0 rings (SSSR count). The zero-order chi connectivity index (χ0) is 16.4. The largest absolute Gasteiger partial charge is 0.355 e. The predicted octanol–water partition coefficient (Wildman–Crippen LogP) is 3.30. The summed E-state index contributed by atoms with van der Waals surface area (Å²) in [5, 5.41) is 5.90. The zero-order valence-electron chi connectivity index (χ0n) is 14.6. The first-order valence-corrected chi connectivity index (χ1v) is 8.02. The molecule has 1 amide bonds. The van der Waals surface area contributed by atoms with Crippen LogP contribution in [0.15, 0.2) is 0 Å². The van der Waals surface area contributed by atoms with Gasteiger partial charge in [-0.05, 0) is 19.8 Å². The van der Waals surface area contributed by atoms with Crippen LogP contribution in [0.3, 0.4) is 0 Å². The van der Waals surface area contributed by atoms with Crippen LogP contribution in [0.25, 0.3) is 0 Å². The third-order valence-corrected chi connectivity index (χ3v) is 2.20. The van der Waals surface area contributed by atoms with Gasteiger partial charge < -0.3 is 15.4 Å². The van der Waals surface area contributed by atoms with E-state index in [0.29, 0.717) is 25.6 Å². The Morgan fingerprint density at radius 3 is 1.95 bits per heavy atom. The maximum atomic E-state index is 11.3. The molecule has 4 nitrogen and oxygen atoms in total. The van der Waals surface area contributed by atoms with Crippen molar-refractivity contribution in [2.45, 2.75) is 80.2 Å². The van der Waals surface area contributed by atoms with Crippen LogP contribution in [0.2, 0.25) is 0 Å². The molecule has 0 aliphatic carbocycles. The Labute approximate surface area is 126 Å². The molecule has 0 saturated carbocycles. The number of amides is 1. The van der Waals surface area contributed by atoms with Crippen LogP contribution in [0.5, 0.6) is 0 Å². The Bertz CT molecular complexity index is 217. The lowest BCUT2D eigenvalue weighted by atomic mass is 10.1. The smallest absolute Gasteiger partial charge is 0.233 e. The molecule has 0 aromatic heterocycles. The summed E-state index contributed by atoms with van der Waals surface area (Å²) in [6.07, 6.45) is 3.52. The van der Waals surface area contributed by atoms with Crippen molar-refractivity contribution in [2.24, 2.45) is 0 Å². The van der Waals surface area contributed by atoms with E-state index in [2.05, 4.69) is 10.6 Å². The summed E-state index contributed by atoms with van der Waals surface area (Å²) in [4.78, 5) is 21.9. The van der Waals surface area contributed by atoms with E-state index in [1.54, 1.807) is 6.92 Å². The molecule has 0 aliphatic rings. The molecular formula is C16H36N2O2. The van der Waals surface area contributed by atoms with Gasteiger partial charge in [0.2, 0.25) is 5.91 Å². The fraction of sp³-hybridized carbons (Fsp3) is 0.875. The number of carbonyl (C=O) groups is 2. The lowest BCUT2D eigenvalue weighted by Crippen LogP contribution is -2.37. The summed E-state index contributed by atoms with van der Waals surface area (Å²) < 4.78 is 0. The number of hydrogen-bond acceptors (Lipinski definition) is 3. The summed E-state index contributed by atoms with van der Waals surface area (Å²) in [5.74, 6) is 0.283. The highest BCUT2D eigenvalue weighted by molar-refractivity contribution is 5.78. The predicted molar refractivity (Wildman–Crippen MR) is 88.0 cm³/mol. The zero-order valence-corrected chi connectivity index (χ0v) is 14.6. The van der Waals surface area contributed by atoms with Crippen LogP contribution in [-0.4, -0.2) is 30.8 Å². The van der Waals surface area contributed by atoms with E-state index in [0.717, 1.165) is 19.3 Å². The number of rotatable bonds is 9. The van der Waals surface area contributed by atoms with Crippen molar-refractivity contribution in [1.82, 2.24) is 10.6 Å². The molecule has 0 spiro atoms. The van der Waals surface area contributed by atoms with Crippen LogP contribution >= 0.6 is 0 Å². The fourth-order valence-electron chi connectivity index (χ4n) is 1.26. The maximum Gasteiger partial charge on any atom is 0.233 e. The summed E-state index contributed by atoms with van der Waals surface area (Å²) in [7, 11) is 0. The van der Waals surface area contributed by atoms with E-state index >= 15 is 0 Å². The third-order valence-electron chi connectivity index (χ3n) is 2.20. The Balaban J connectivity index is -0.000000656. The van der Waals surface area contributed by atoms with Gasteiger partial charge in [0, 0.05) is 19.0 Å². The highest BCUT2D eigenvalue weighted by Crippen LogP contribution is 1.99. The van der Waals surface area contributed by atoms with Crippen molar-refractivity contribution in [2.75, 3.05) is 13.1 Å². The molecule has 0 radical (unpaired) electrons. The number of carbonyl (C=O) groups excluding carboxylic acids is 2. The molecule has 0 aliphatic heterocycles. The second-order valence-electron chi connectivity index (χ2n) is 4.40. The van der Waals surface area contributed by atoms with Gasteiger partial charge in [-0.1, -0.05) is 48.0 Å². The summed E-state index contributed by atoms with van der Waals surface area (Å²) >= 11 is 0. The van der Waals surface area contributed by atoms with Gasteiger partial charge in [0.15, 0.2) is 0 Å². The molecule has 0 unspecified atom stereocenters.